The molecule has 1 N–H and O–H groups in total. The number of hydrogen-bond donors (Lipinski definition) is 1. The molecule has 2 aliphatic carbocycles. The minimum Gasteiger partial charge on any atom is -0.479 e. The monoisotopic (exact) mass is 404 g/mol. The Kier molecular flexibility index (Phi) is 3.48. The van der Waals surface area contributed by atoms with Gasteiger partial charge in [0, 0.05) is 30.4 Å². The molecule has 3 heterocycles. The third-order valence-corrected chi connectivity index (χ3v) is 6.96. The number of hydrogen-bond acceptors (Lipinski definition) is 7. The topological polar surface area (TPSA) is 85.4 Å². The Morgan fingerprint density at radius 2 is 2.10 bits per heavy atom. The number of benzene rings is 1. The zero-order chi connectivity index (χ0) is 20.6. The molecule has 0 spiro atoms. The lowest BCUT2D eigenvalue weighted by atomic mass is 9.86. The normalized spacial score (nSPS) is 24.8. The maximum atomic E-state index is 5.66. The van der Waals surface area contributed by atoms with Gasteiger partial charge in [0.1, 0.15) is 11.0 Å². The number of rotatable bonds is 5. The molecule has 0 aliphatic heterocycles. The minimum absolute atomic E-state index is 0.395. The maximum absolute atomic E-state index is 5.66. The van der Waals surface area contributed by atoms with Crippen LogP contribution in [0.5, 0.6) is 5.88 Å². The van der Waals surface area contributed by atoms with Crippen LogP contribution in [0.2, 0.25) is 0 Å². The van der Waals surface area contributed by atoms with E-state index in [1.807, 2.05) is 36.0 Å². The molecule has 2 fully saturated rings. The molecule has 0 radical (unpaired) electrons. The van der Waals surface area contributed by atoms with Crippen molar-refractivity contribution in [2.45, 2.75) is 24.4 Å². The molecule has 30 heavy (non-hydrogen) atoms. The standard InChI is InChI=1S/C21H24N8O/c1-27(2)21-10-14(21)16(11-21)22-20-23-19(30-4)18-13(7-8-29(18)25-20)12-5-6-15-17(9-12)28(3)26-24-15/h5-9,14,16H,10-11H2,1-4H3,(H,22,25)/t14?,16-,21+/m1/s1. The van der Waals surface area contributed by atoms with Crippen LogP contribution in [0.1, 0.15) is 12.8 Å². The fraction of sp³-hybridized carbons (Fsp3) is 0.429. The molecular weight excluding hydrogens is 380 g/mol. The van der Waals surface area contributed by atoms with Crippen LogP contribution in [-0.2, 0) is 7.05 Å². The summed E-state index contributed by atoms with van der Waals surface area (Å²) in [6.07, 6.45) is 4.33. The van der Waals surface area contributed by atoms with E-state index in [-0.39, 0.29) is 0 Å². The van der Waals surface area contributed by atoms with Crippen LogP contribution in [0.4, 0.5) is 5.95 Å². The van der Waals surface area contributed by atoms with Crippen LogP contribution < -0.4 is 10.1 Å². The third kappa shape index (κ3) is 2.32. The van der Waals surface area contributed by atoms with Gasteiger partial charge in [-0.3, -0.25) is 0 Å². The van der Waals surface area contributed by atoms with E-state index in [2.05, 4.69) is 45.7 Å². The van der Waals surface area contributed by atoms with Gasteiger partial charge in [-0.25, -0.2) is 9.20 Å². The summed E-state index contributed by atoms with van der Waals surface area (Å²) in [5, 5.41) is 16.5. The fourth-order valence-corrected chi connectivity index (χ4v) is 5.08. The van der Waals surface area contributed by atoms with Crippen LogP contribution in [0, 0.1) is 5.92 Å². The molecule has 1 aromatic carbocycles. The van der Waals surface area contributed by atoms with Gasteiger partial charge in [-0.15, -0.1) is 10.2 Å². The molecule has 3 aromatic heterocycles. The van der Waals surface area contributed by atoms with Gasteiger partial charge in [0.15, 0.2) is 0 Å². The summed E-state index contributed by atoms with van der Waals surface area (Å²) in [7, 11) is 7.88. The number of anilines is 1. The van der Waals surface area contributed by atoms with Crippen LogP contribution in [-0.4, -0.2) is 67.3 Å². The summed E-state index contributed by atoms with van der Waals surface area (Å²) in [6.45, 7) is 0. The Labute approximate surface area is 173 Å². The highest BCUT2D eigenvalue weighted by Gasteiger charge is 2.68. The molecule has 154 valence electrons. The van der Waals surface area contributed by atoms with Gasteiger partial charge in [0.2, 0.25) is 11.8 Å². The number of ether oxygens (including phenoxy) is 1. The van der Waals surface area contributed by atoms with E-state index in [0.717, 1.165) is 34.1 Å². The molecule has 4 aromatic rings. The summed E-state index contributed by atoms with van der Waals surface area (Å²) in [5.41, 5.74) is 5.15. The molecule has 1 unspecified atom stereocenters. The number of fused-ring (bicyclic) bond motifs is 3. The van der Waals surface area contributed by atoms with E-state index in [1.165, 1.54) is 6.42 Å². The fourth-order valence-electron chi connectivity index (χ4n) is 5.08. The zero-order valence-electron chi connectivity index (χ0n) is 17.5. The van der Waals surface area contributed by atoms with Crippen molar-refractivity contribution in [3.63, 3.8) is 0 Å². The van der Waals surface area contributed by atoms with Crippen LogP contribution >= 0.6 is 0 Å². The van der Waals surface area contributed by atoms with Crippen molar-refractivity contribution in [3.8, 4) is 17.0 Å². The lowest BCUT2D eigenvalue weighted by Crippen LogP contribution is -2.49. The van der Waals surface area contributed by atoms with E-state index in [0.29, 0.717) is 29.3 Å². The zero-order valence-corrected chi connectivity index (χ0v) is 17.5. The van der Waals surface area contributed by atoms with Gasteiger partial charge in [0.05, 0.1) is 12.6 Å². The van der Waals surface area contributed by atoms with Gasteiger partial charge in [-0.05, 0) is 56.6 Å². The Balaban J connectivity index is 1.36. The average Bonchev–Trinajstić information content (AvgIpc) is 3.01. The number of aromatic nitrogens is 6. The average molecular weight is 404 g/mol. The SMILES string of the molecule is COc1nc(N[C@@H]2C[C@@]3(N(C)C)CC23)nn2ccc(-c3ccc4nnn(C)c4c3)c12. The van der Waals surface area contributed by atoms with Gasteiger partial charge in [0.25, 0.3) is 0 Å². The Morgan fingerprint density at radius 3 is 2.83 bits per heavy atom. The quantitative estimate of drug-likeness (QED) is 0.546. The number of nitrogens with one attached hydrogen (secondary N) is 1. The van der Waals surface area contributed by atoms with Crippen LogP contribution in [0.15, 0.2) is 30.5 Å². The first-order valence-corrected chi connectivity index (χ1v) is 10.2. The van der Waals surface area contributed by atoms with Crippen molar-refractivity contribution in [3.05, 3.63) is 30.5 Å². The summed E-state index contributed by atoms with van der Waals surface area (Å²) in [6, 6.07) is 8.57. The molecule has 0 bridgehead atoms. The third-order valence-electron chi connectivity index (χ3n) is 6.96. The Bertz CT molecular complexity index is 1290. The van der Waals surface area contributed by atoms with Crippen molar-refractivity contribution in [1.29, 1.82) is 0 Å². The van der Waals surface area contributed by atoms with Crippen molar-refractivity contribution in [1.82, 2.24) is 34.5 Å². The number of methoxy groups -OCH3 is 1. The van der Waals surface area contributed by atoms with Crippen LogP contribution in [0.25, 0.3) is 27.7 Å². The second kappa shape index (κ2) is 5.91. The predicted molar refractivity (Wildman–Crippen MR) is 114 cm³/mol. The first-order valence-electron chi connectivity index (χ1n) is 10.2. The predicted octanol–water partition coefficient (Wildman–Crippen LogP) is 2.19. The highest BCUT2D eigenvalue weighted by molar-refractivity contribution is 5.89. The van der Waals surface area contributed by atoms with E-state index in [4.69, 9.17) is 9.84 Å². The van der Waals surface area contributed by atoms with Gasteiger partial charge < -0.3 is 15.0 Å². The van der Waals surface area contributed by atoms with Crippen molar-refractivity contribution < 1.29 is 4.74 Å². The molecular formula is C21H24N8O. The Hall–Kier alpha value is -3.20. The summed E-state index contributed by atoms with van der Waals surface area (Å²) in [4.78, 5) is 7.04. The molecule has 2 saturated carbocycles. The van der Waals surface area contributed by atoms with Gasteiger partial charge >= 0.3 is 0 Å². The minimum atomic E-state index is 0.395. The smallest absolute Gasteiger partial charge is 0.244 e. The van der Waals surface area contributed by atoms with E-state index >= 15 is 0 Å². The lowest BCUT2D eigenvalue weighted by Gasteiger charge is -2.39. The maximum Gasteiger partial charge on any atom is 0.244 e. The molecule has 6 rings (SSSR count). The van der Waals surface area contributed by atoms with E-state index < -0.39 is 0 Å². The lowest BCUT2D eigenvalue weighted by molar-refractivity contribution is 0.158. The molecule has 0 saturated heterocycles. The van der Waals surface area contributed by atoms with Gasteiger partial charge in [-0.1, -0.05) is 11.3 Å². The summed E-state index contributed by atoms with van der Waals surface area (Å²) < 4.78 is 9.29. The van der Waals surface area contributed by atoms with Crippen LogP contribution in [0.3, 0.4) is 0 Å². The molecule has 9 nitrogen and oxygen atoms in total. The highest BCUT2D eigenvalue weighted by Crippen LogP contribution is 2.63. The molecule has 0 amide bonds. The van der Waals surface area contributed by atoms with Crippen molar-refractivity contribution >= 4 is 22.5 Å². The number of nitrogens with zero attached hydrogens (tertiary/aromatic N) is 7. The largest absolute Gasteiger partial charge is 0.479 e. The van der Waals surface area contributed by atoms with Crippen molar-refractivity contribution in [2.75, 3.05) is 26.5 Å². The number of aryl methyl sites for hydroxylation is 1. The second-order valence-electron chi connectivity index (χ2n) is 8.65. The summed E-state index contributed by atoms with van der Waals surface area (Å²) in [5.74, 6) is 1.85. The first-order chi connectivity index (χ1) is 14.5. The first kappa shape index (κ1) is 17.6. The second-order valence-corrected chi connectivity index (χ2v) is 8.65. The Morgan fingerprint density at radius 1 is 1.23 bits per heavy atom. The van der Waals surface area contributed by atoms with E-state index in [1.54, 1.807) is 11.8 Å². The molecule has 9 heteroatoms. The highest BCUT2D eigenvalue weighted by atomic mass is 16.5. The summed E-state index contributed by atoms with van der Waals surface area (Å²) >= 11 is 0. The van der Waals surface area contributed by atoms with E-state index in [9.17, 15) is 0 Å². The van der Waals surface area contributed by atoms with Gasteiger partial charge in [-0.2, -0.15) is 4.98 Å². The molecule has 3 atom stereocenters. The molecule has 2 aliphatic rings. The van der Waals surface area contributed by atoms with Crippen molar-refractivity contribution in [2.24, 2.45) is 13.0 Å².